The van der Waals surface area contributed by atoms with Crippen molar-refractivity contribution in [3.05, 3.63) is 84.1 Å². The smallest absolute Gasteiger partial charge is 0.255 e. The lowest BCUT2D eigenvalue weighted by Gasteiger charge is -2.11. The number of carbonyl (C=O) groups is 1. The summed E-state index contributed by atoms with van der Waals surface area (Å²) in [6, 6.07) is 19.8. The first kappa shape index (κ1) is 25.0. The van der Waals surface area contributed by atoms with E-state index < -0.39 is 9.84 Å². The van der Waals surface area contributed by atoms with E-state index in [2.05, 4.69) is 10.4 Å². The fourth-order valence-corrected chi connectivity index (χ4v) is 4.87. The molecule has 0 fully saturated rings. The van der Waals surface area contributed by atoms with Gasteiger partial charge in [0.15, 0.2) is 0 Å². The number of hydrogen-bond acceptors (Lipinski definition) is 6. The fraction of sp³-hybridized carbons (Fsp3) is 0.120. The monoisotopic (exact) mass is 497 g/mol. The van der Waals surface area contributed by atoms with Gasteiger partial charge in [0.25, 0.3) is 5.91 Å². The number of halogens is 1. The van der Waals surface area contributed by atoms with Crippen LogP contribution in [0, 0.1) is 0 Å². The molecule has 0 saturated heterocycles. The van der Waals surface area contributed by atoms with E-state index in [1.807, 2.05) is 36.4 Å². The summed E-state index contributed by atoms with van der Waals surface area (Å²) in [6.45, 7) is 1.80. The molecule has 0 aliphatic heterocycles. The maximum Gasteiger partial charge on any atom is 0.255 e. The Hall–Kier alpha value is -3.62. The Morgan fingerprint density at radius 2 is 1.85 bits per heavy atom. The number of benzene rings is 3. The number of nitrogens with one attached hydrogen (secondary N) is 1. The SMILES string of the molecule is CCCS(=O)(=O)c1cc(-c2cc(C(=O)Nc3ccccc3)cc3ccc(C=NN)cc23)co1.Cl. The van der Waals surface area contributed by atoms with Crippen molar-refractivity contribution >= 4 is 50.8 Å². The summed E-state index contributed by atoms with van der Waals surface area (Å²) in [7, 11) is -3.52. The summed E-state index contributed by atoms with van der Waals surface area (Å²) in [6.07, 6.45) is 3.41. The van der Waals surface area contributed by atoms with E-state index in [0.717, 1.165) is 16.3 Å². The quantitative estimate of drug-likeness (QED) is 0.205. The molecular weight excluding hydrogens is 474 g/mol. The maximum atomic E-state index is 13.0. The predicted octanol–water partition coefficient (Wildman–Crippen LogP) is 5.25. The summed E-state index contributed by atoms with van der Waals surface area (Å²) in [5.41, 5.74) is 3.11. The highest BCUT2D eigenvalue weighted by Crippen LogP contribution is 2.33. The molecule has 176 valence electrons. The van der Waals surface area contributed by atoms with Crippen LogP contribution in [0.5, 0.6) is 0 Å². The number of rotatable bonds is 7. The summed E-state index contributed by atoms with van der Waals surface area (Å²) in [5.74, 6) is 5.02. The zero-order valence-corrected chi connectivity index (χ0v) is 20.0. The van der Waals surface area contributed by atoms with Crippen LogP contribution in [0.2, 0.25) is 0 Å². The van der Waals surface area contributed by atoms with Gasteiger partial charge in [-0.25, -0.2) is 8.42 Å². The molecule has 4 aromatic rings. The molecule has 1 heterocycles. The number of carbonyl (C=O) groups excluding carboxylic acids is 1. The van der Waals surface area contributed by atoms with E-state index in [0.29, 0.717) is 28.8 Å². The molecule has 3 aromatic carbocycles. The van der Waals surface area contributed by atoms with Crippen LogP contribution in [0.25, 0.3) is 21.9 Å². The average molecular weight is 498 g/mol. The van der Waals surface area contributed by atoms with Crippen molar-refractivity contribution in [3.8, 4) is 11.1 Å². The van der Waals surface area contributed by atoms with Crippen LogP contribution in [-0.2, 0) is 9.84 Å². The van der Waals surface area contributed by atoms with Gasteiger partial charge in [-0.15, -0.1) is 12.4 Å². The van der Waals surface area contributed by atoms with E-state index in [4.69, 9.17) is 10.3 Å². The van der Waals surface area contributed by atoms with Crippen LogP contribution in [-0.4, -0.2) is 26.3 Å². The number of para-hydroxylation sites is 1. The molecule has 0 aliphatic rings. The number of nitrogens with zero attached hydrogens (tertiary/aromatic N) is 1. The second-order valence-corrected chi connectivity index (χ2v) is 9.62. The molecule has 7 nitrogen and oxygen atoms in total. The number of nitrogens with two attached hydrogens (primary N) is 1. The number of amides is 1. The summed E-state index contributed by atoms with van der Waals surface area (Å²) in [4.78, 5) is 13.0. The molecule has 1 aromatic heterocycles. The molecule has 0 saturated carbocycles. The van der Waals surface area contributed by atoms with Crippen molar-refractivity contribution in [2.24, 2.45) is 10.9 Å². The molecule has 4 rings (SSSR count). The van der Waals surface area contributed by atoms with Gasteiger partial charge in [0.05, 0.1) is 12.0 Å². The average Bonchev–Trinajstić information content (AvgIpc) is 3.30. The van der Waals surface area contributed by atoms with E-state index in [1.165, 1.54) is 18.5 Å². The standard InChI is InChI=1S/C25H23N3O4S.ClH/c1-2-10-33(30,31)24-14-20(16-32-24)23-13-19(25(29)28-21-6-4-3-5-7-21)12-18-9-8-17(15-27-26)11-22(18)23;/h3-9,11-16H,2,10,26H2,1H3,(H,28,29);1H. The Labute approximate surface area is 204 Å². The van der Waals surface area contributed by atoms with Gasteiger partial charge in [-0.05, 0) is 58.7 Å². The highest BCUT2D eigenvalue weighted by Gasteiger charge is 2.20. The second-order valence-electron chi connectivity index (χ2n) is 7.58. The molecule has 34 heavy (non-hydrogen) atoms. The van der Waals surface area contributed by atoms with Crippen molar-refractivity contribution < 1.29 is 17.6 Å². The van der Waals surface area contributed by atoms with E-state index in [-0.39, 0.29) is 29.2 Å². The Morgan fingerprint density at radius 1 is 1.09 bits per heavy atom. The molecule has 3 N–H and O–H groups in total. The molecule has 0 atom stereocenters. The van der Waals surface area contributed by atoms with Gasteiger partial charge in [-0.2, -0.15) is 5.10 Å². The van der Waals surface area contributed by atoms with Gasteiger partial charge in [-0.1, -0.05) is 37.3 Å². The number of fused-ring (bicyclic) bond motifs is 1. The lowest BCUT2D eigenvalue weighted by atomic mass is 9.95. The maximum absolute atomic E-state index is 13.0. The number of anilines is 1. The topological polar surface area (TPSA) is 115 Å². The van der Waals surface area contributed by atoms with Crippen LogP contribution in [0.3, 0.4) is 0 Å². The van der Waals surface area contributed by atoms with Gasteiger partial charge in [-0.3, -0.25) is 4.79 Å². The van der Waals surface area contributed by atoms with Gasteiger partial charge >= 0.3 is 0 Å². The minimum absolute atomic E-state index is 0. The Bertz CT molecular complexity index is 1450. The third-order valence-electron chi connectivity index (χ3n) is 5.16. The summed E-state index contributed by atoms with van der Waals surface area (Å²) < 4.78 is 30.4. The second kappa shape index (κ2) is 10.5. The van der Waals surface area contributed by atoms with E-state index in [9.17, 15) is 13.2 Å². The van der Waals surface area contributed by atoms with Crippen LogP contribution in [0.4, 0.5) is 5.69 Å². The van der Waals surface area contributed by atoms with Crippen molar-refractivity contribution in [2.45, 2.75) is 18.4 Å². The van der Waals surface area contributed by atoms with Gasteiger partial charge in [0.1, 0.15) is 6.26 Å². The summed E-state index contributed by atoms with van der Waals surface area (Å²) >= 11 is 0. The fourth-order valence-electron chi connectivity index (χ4n) is 3.63. The minimum atomic E-state index is -3.52. The minimum Gasteiger partial charge on any atom is -0.452 e. The van der Waals surface area contributed by atoms with Crippen molar-refractivity contribution in [3.63, 3.8) is 0 Å². The van der Waals surface area contributed by atoms with Crippen LogP contribution in [0.15, 0.2) is 87.6 Å². The third kappa shape index (κ3) is 5.30. The lowest BCUT2D eigenvalue weighted by Crippen LogP contribution is -2.12. The van der Waals surface area contributed by atoms with Crippen LogP contribution < -0.4 is 11.2 Å². The first-order valence-electron chi connectivity index (χ1n) is 10.4. The number of sulfone groups is 1. The zero-order chi connectivity index (χ0) is 23.4. The van der Waals surface area contributed by atoms with Crippen molar-refractivity contribution in [1.29, 1.82) is 0 Å². The highest BCUT2D eigenvalue weighted by molar-refractivity contribution is 7.91. The Balaban J connectivity index is 0.00000324. The molecule has 0 unspecified atom stereocenters. The first-order valence-corrected chi connectivity index (χ1v) is 12.1. The largest absolute Gasteiger partial charge is 0.452 e. The Morgan fingerprint density at radius 3 is 2.56 bits per heavy atom. The van der Waals surface area contributed by atoms with Crippen molar-refractivity contribution in [2.75, 3.05) is 11.1 Å². The lowest BCUT2D eigenvalue weighted by molar-refractivity contribution is 0.102. The highest BCUT2D eigenvalue weighted by atomic mass is 35.5. The number of hydrazone groups is 1. The van der Waals surface area contributed by atoms with Crippen LogP contribution >= 0.6 is 12.4 Å². The van der Waals surface area contributed by atoms with Gasteiger partial charge in [0, 0.05) is 22.9 Å². The van der Waals surface area contributed by atoms with E-state index >= 15 is 0 Å². The van der Waals surface area contributed by atoms with Gasteiger partial charge < -0.3 is 15.6 Å². The normalized spacial score (nSPS) is 11.4. The molecule has 0 spiro atoms. The van der Waals surface area contributed by atoms with Crippen molar-refractivity contribution in [1.82, 2.24) is 0 Å². The third-order valence-corrected chi connectivity index (χ3v) is 6.93. The molecule has 0 aliphatic carbocycles. The molecule has 0 radical (unpaired) electrons. The Kier molecular flexibility index (Phi) is 7.75. The molecule has 9 heteroatoms. The van der Waals surface area contributed by atoms with E-state index in [1.54, 1.807) is 31.2 Å². The first-order chi connectivity index (χ1) is 15.9. The summed E-state index contributed by atoms with van der Waals surface area (Å²) in [5, 5.41) is 7.98. The molecule has 0 bridgehead atoms. The predicted molar refractivity (Wildman–Crippen MR) is 137 cm³/mol. The van der Waals surface area contributed by atoms with Crippen LogP contribution in [0.1, 0.15) is 29.3 Å². The molecule has 1 amide bonds. The van der Waals surface area contributed by atoms with Gasteiger partial charge in [0.2, 0.25) is 14.9 Å². The zero-order valence-electron chi connectivity index (χ0n) is 18.4. The number of hydrogen-bond donors (Lipinski definition) is 2. The number of furan rings is 1. The molecular formula is C25H24ClN3O4S.